The lowest BCUT2D eigenvalue weighted by atomic mass is 10.0. The van der Waals surface area contributed by atoms with Crippen LogP contribution in [0.2, 0.25) is 0 Å². The molecule has 0 radical (unpaired) electrons. The maximum Gasteiger partial charge on any atom is 0.472 e. The van der Waals surface area contributed by atoms with E-state index in [0.717, 1.165) is 102 Å². The van der Waals surface area contributed by atoms with E-state index in [1.54, 1.807) is 0 Å². The van der Waals surface area contributed by atoms with Crippen molar-refractivity contribution in [1.29, 1.82) is 0 Å². The van der Waals surface area contributed by atoms with Crippen LogP contribution < -0.4 is 0 Å². The van der Waals surface area contributed by atoms with Crippen molar-refractivity contribution in [3.05, 3.63) is 0 Å². The predicted molar refractivity (Wildman–Crippen MR) is 405 cm³/mol. The third-order valence-corrected chi connectivity index (χ3v) is 20.6. The number of rotatable bonds is 79. The molecule has 588 valence electrons. The summed E-state index contributed by atoms with van der Waals surface area (Å²) in [5, 5.41) is 10.6. The van der Waals surface area contributed by atoms with Gasteiger partial charge in [-0.25, -0.2) is 9.13 Å². The Balaban J connectivity index is 5.26. The molecule has 5 atom stereocenters. The minimum Gasteiger partial charge on any atom is -0.462 e. The SMILES string of the molecule is CCCCCCCCCCCCCCCCCC(=O)OC[C@H](COP(=O)(O)OC[C@@H](O)COP(=O)(O)OC[C@@H](COC(=O)CCCCCCCCCCCC(C)C)OC(=O)CCCCCCCCCCCCCCCC)OC(=O)CCCCCCCCCCCCCCCCCC(C)C. The molecule has 0 fully saturated rings. The fourth-order valence-corrected chi connectivity index (χ4v) is 13.9. The number of esters is 4. The molecule has 0 rings (SSSR count). The molecular formula is C80H156O17P2. The lowest BCUT2D eigenvalue weighted by Gasteiger charge is -2.21. The number of carbonyl (C=O) groups is 4. The third-order valence-electron chi connectivity index (χ3n) is 18.7. The molecule has 0 aliphatic rings. The molecule has 2 unspecified atom stereocenters. The van der Waals surface area contributed by atoms with Gasteiger partial charge in [-0.1, -0.05) is 369 Å². The van der Waals surface area contributed by atoms with Crippen LogP contribution in [0.4, 0.5) is 0 Å². The van der Waals surface area contributed by atoms with Gasteiger partial charge < -0.3 is 33.8 Å². The summed E-state index contributed by atoms with van der Waals surface area (Å²) in [6.07, 6.45) is 60.9. The molecule has 0 aliphatic heterocycles. The molecule has 0 aromatic rings. The zero-order valence-electron chi connectivity index (χ0n) is 64.8. The average Bonchev–Trinajstić information content (AvgIpc) is 1.07. The van der Waals surface area contributed by atoms with Crippen LogP contribution in [-0.4, -0.2) is 96.7 Å². The molecule has 0 amide bonds. The van der Waals surface area contributed by atoms with E-state index < -0.39 is 97.5 Å². The lowest BCUT2D eigenvalue weighted by molar-refractivity contribution is -0.161. The Kier molecular flexibility index (Phi) is 70.3. The van der Waals surface area contributed by atoms with E-state index in [-0.39, 0.29) is 25.7 Å². The standard InChI is InChI=1S/C80H156O17P2/c1-7-9-11-13-15-17-19-21-24-29-32-38-44-50-56-62-77(82)90-68-75(96-80(85)65-59-53-47-40-34-30-26-23-25-27-31-36-42-48-54-60-72(3)4)70-94-98(86,87)92-66-74(81)67-93-99(88,89)95-71-76(69-91-78(83)63-57-51-45-41-35-37-43-49-55-61-73(5)6)97-79(84)64-58-52-46-39-33-28-22-20-18-16-14-12-10-8-2/h72-76,81H,7-71H2,1-6H3,(H,86,87)(H,88,89)/t74-,75-,76-/m1/s1. The van der Waals surface area contributed by atoms with Gasteiger partial charge in [-0.2, -0.15) is 0 Å². The number of ether oxygens (including phenoxy) is 4. The molecule has 3 N–H and O–H groups in total. The van der Waals surface area contributed by atoms with Crippen molar-refractivity contribution >= 4 is 39.5 Å². The predicted octanol–water partition coefficient (Wildman–Crippen LogP) is 23.9. The second-order valence-electron chi connectivity index (χ2n) is 29.8. The second kappa shape index (κ2) is 71.7. The zero-order chi connectivity index (χ0) is 72.8. The highest BCUT2D eigenvalue weighted by Gasteiger charge is 2.30. The number of carbonyl (C=O) groups excluding carboxylic acids is 4. The van der Waals surface area contributed by atoms with E-state index in [9.17, 15) is 43.2 Å². The van der Waals surface area contributed by atoms with Gasteiger partial charge in [-0.05, 0) is 37.5 Å². The topological polar surface area (TPSA) is 237 Å². The van der Waals surface area contributed by atoms with Gasteiger partial charge >= 0.3 is 39.5 Å². The van der Waals surface area contributed by atoms with Crippen molar-refractivity contribution in [3.8, 4) is 0 Å². The van der Waals surface area contributed by atoms with Crippen molar-refractivity contribution in [3.63, 3.8) is 0 Å². The first kappa shape index (κ1) is 97.1. The first-order valence-corrected chi connectivity index (χ1v) is 44.5. The largest absolute Gasteiger partial charge is 0.472 e. The van der Waals surface area contributed by atoms with Crippen molar-refractivity contribution < 1.29 is 80.2 Å². The molecule has 0 spiro atoms. The highest BCUT2D eigenvalue weighted by Crippen LogP contribution is 2.45. The Labute approximate surface area is 607 Å². The summed E-state index contributed by atoms with van der Waals surface area (Å²) in [7, 11) is -9.92. The van der Waals surface area contributed by atoms with E-state index in [4.69, 9.17) is 37.0 Å². The highest BCUT2D eigenvalue weighted by molar-refractivity contribution is 7.47. The zero-order valence-corrected chi connectivity index (χ0v) is 66.6. The summed E-state index contributed by atoms with van der Waals surface area (Å²) in [4.78, 5) is 73.0. The quantitative estimate of drug-likeness (QED) is 0.0222. The van der Waals surface area contributed by atoms with Gasteiger partial charge in [0.05, 0.1) is 26.4 Å². The molecule has 17 nitrogen and oxygen atoms in total. The molecule has 0 aliphatic carbocycles. The summed E-state index contributed by atoms with van der Waals surface area (Å²) in [6.45, 7) is 9.65. The minimum atomic E-state index is -4.96. The van der Waals surface area contributed by atoms with Crippen LogP contribution in [0.1, 0.15) is 420 Å². The molecule has 0 aromatic carbocycles. The number of aliphatic hydroxyl groups excluding tert-OH is 1. The molecule has 0 bridgehead atoms. The fraction of sp³-hybridized carbons (Fsp3) is 0.950. The highest BCUT2D eigenvalue weighted by atomic mass is 31.2. The van der Waals surface area contributed by atoms with Crippen molar-refractivity contribution in [2.75, 3.05) is 39.6 Å². The van der Waals surface area contributed by atoms with Crippen LogP contribution in [0, 0.1) is 11.8 Å². The van der Waals surface area contributed by atoms with Gasteiger partial charge in [0.15, 0.2) is 12.2 Å². The summed E-state index contributed by atoms with van der Waals surface area (Å²) in [6, 6.07) is 0. The van der Waals surface area contributed by atoms with Gasteiger partial charge in [0.1, 0.15) is 19.3 Å². The Morgan fingerprint density at radius 3 is 0.687 bits per heavy atom. The Bertz CT molecular complexity index is 1910. The van der Waals surface area contributed by atoms with Gasteiger partial charge in [0, 0.05) is 25.7 Å². The van der Waals surface area contributed by atoms with Crippen molar-refractivity contribution in [2.45, 2.75) is 439 Å². The van der Waals surface area contributed by atoms with Crippen LogP contribution in [-0.2, 0) is 65.4 Å². The first-order chi connectivity index (χ1) is 47.9. The average molecular weight is 1450 g/mol. The van der Waals surface area contributed by atoms with Gasteiger partial charge in [-0.15, -0.1) is 0 Å². The number of hydrogen-bond acceptors (Lipinski definition) is 15. The minimum absolute atomic E-state index is 0.108. The molecular weight excluding hydrogens is 1290 g/mol. The van der Waals surface area contributed by atoms with E-state index in [1.165, 1.54) is 238 Å². The summed E-state index contributed by atoms with van der Waals surface area (Å²) < 4.78 is 68.7. The Morgan fingerprint density at radius 1 is 0.273 bits per heavy atom. The summed E-state index contributed by atoms with van der Waals surface area (Å²) >= 11 is 0. The van der Waals surface area contributed by atoms with Crippen LogP contribution in [0.25, 0.3) is 0 Å². The van der Waals surface area contributed by atoms with E-state index in [2.05, 4.69) is 41.5 Å². The number of aliphatic hydroxyl groups is 1. The van der Waals surface area contributed by atoms with Crippen molar-refractivity contribution in [1.82, 2.24) is 0 Å². The molecule has 0 heterocycles. The lowest BCUT2D eigenvalue weighted by Crippen LogP contribution is -2.30. The molecule has 99 heavy (non-hydrogen) atoms. The Morgan fingerprint density at radius 2 is 0.465 bits per heavy atom. The maximum atomic E-state index is 13.1. The number of hydrogen-bond donors (Lipinski definition) is 3. The number of phosphoric ester groups is 2. The third kappa shape index (κ3) is 74.1. The van der Waals surface area contributed by atoms with Gasteiger partial charge in [0.25, 0.3) is 0 Å². The molecule has 19 heteroatoms. The Hall–Kier alpha value is -1.94. The van der Waals surface area contributed by atoms with Gasteiger partial charge in [0.2, 0.25) is 0 Å². The monoisotopic (exact) mass is 1450 g/mol. The summed E-state index contributed by atoms with van der Waals surface area (Å²) in [5.41, 5.74) is 0. The van der Waals surface area contributed by atoms with Crippen LogP contribution in [0.15, 0.2) is 0 Å². The second-order valence-corrected chi connectivity index (χ2v) is 32.7. The van der Waals surface area contributed by atoms with E-state index >= 15 is 0 Å². The normalized spacial score (nSPS) is 13.9. The maximum absolute atomic E-state index is 13.1. The van der Waals surface area contributed by atoms with E-state index in [0.29, 0.717) is 25.7 Å². The first-order valence-electron chi connectivity index (χ1n) is 41.5. The van der Waals surface area contributed by atoms with Crippen molar-refractivity contribution in [2.24, 2.45) is 11.8 Å². The van der Waals surface area contributed by atoms with E-state index in [1.807, 2.05) is 0 Å². The van der Waals surface area contributed by atoms with Crippen LogP contribution >= 0.6 is 15.6 Å². The smallest absolute Gasteiger partial charge is 0.462 e. The fourth-order valence-electron chi connectivity index (χ4n) is 12.4. The van der Waals surface area contributed by atoms with Crippen LogP contribution in [0.3, 0.4) is 0 Å². The molecule has 0 aromatic heterocycles. The van der Waals surface area contributed by atoms with Crippen LogP contribution in [0.5, 0.6) is 0 Å². The summed E-state index contributed by atoms with van der Waals surface area (Å²) in [5.74, 6) is -0.561. The number of phosphoric acid groups is 2. The van der Waals surface area contributed by atoms with Gasteiger partial charge in [-0.3, -0.25) is 37.3 Å². The number of unbranched alkanes of at least 4 members (excludes halogenated alkanes) is 49. The molecule has 0 saturated heterocycles. The molecule has 0 saturated carbocycles.